The standard InChI is InChI=1S/C41H54F5N5O9S/c1-23(9-6-7-10-25-11-8-12-28(25)35(53)50-61(56,57)40(22-42)14-15-40)17-24(2)33(49-38(55)60-39(3,4)41(44,45)46)37(54)51-21-27(20-31(51)34(47)52)59-36-30-18-26(43)19-32(58-5)29(30)13-16-48-36/h7,10,13,16,18-19,23-25,27-28,31,33H,6,8-9,11-12,14-15,17,20-22H2,1-5H3,(H2,47,52)(H,49,55)(H,50,53)/b10-7-/t23-,24-,25-,27-,28?,31+,33+/m1/s1. The molecule has 4 N–H and O–H groups in total. The van der Waals surface area contributed by atoms with E-state index in [1.165, 1.54) is 25.4 Å². The molecule has 2 saturated carbocycles. The Balaban J connectivity index is 1.27. The number of nitrogens with zero attached hydrogens (tertiary/aromatic N) is 2. The van der Waals surface area contributed by atoms with Gasteiger partial charge < -0.3 is 30.2 Å². The second-order valence-electron chi connectivity index (χ2n) is 17.0. The Morgan fingerprint density at radius 3 is 2.44 bits per heavy atom. The quantitative estimate of drug-likeness (QED) is 0.118. The number of alkyl carbamates (subject to hydrolysis) is 1. The number of nitrogens with one attached hydrogen (secondary N) is 2. The number of carbonyl (C=O) groups excluding carboxylic acids is 4. The second kappa shape index (κ2) is 18.7. The number of benzene rings is 1. The van der Waals surface area contributed by atoms with Crippen LogP contribution in [-0.4, -0.2) is 97.2 Å². The number of ether oxygens (including phenoxy) is 3. The van der Waals surface area contributed by atoms with Gasteiger partial charge in [0.1, 0.15) is 41.2 Å². The maximum Gasteiger partial charge on any atom is 0.427 e. The molecule has 0 radical (unpaired) electrons. The van der Waals surface area contributed by atoms with E-state index in [1.807, 2.05) is 19.1 Å². The summed E-state index contributed by atoms with van der Waals surface area (Å²) < 4.78 is 111. The maximum atomic E-state index is 14.5. The van der Waals surface area contributed by atoms with Crippen molar-refractivity contribution < 1.29 is 63.8 Å². The lowest BCUT2D eigenvalue weighted by atomic mass is 9.87. The molecule has 0 spiro atoms. The van der Waals surface area contributed by atoms with Gasteiger partial charge in [-0.05, 0) is 88.7 Å². The molecule has 4 amide bonds. The van der Waals surface area contributed by atoms with Crippen molar-refractivity contribution in [1.29, 1.82) is 0 Å². The Morgan fingerprint density at radius 2 is 1.82 bits per heavy atom. The Morgan fingerprint density at radius 1 is 1.11 bits per heavy atom. The minimum absolute atomic E-state index is 0.0126. The molecule has 1 unspecified atom stereocenters. The van der Waals surface area contributed by atoms with E-state index in [0.29, 0.717) is 51.3 Å². The van der Waals surface area contributed by atoms with Gasteiger partial charge in [-0.3, -0.25) is 19.1 Å². The van der Waals surface area contributed by atoms with Crippen LogP contribution in [0.2, 0.25) is 0 Å². The number of hydrogen-bond donors (Lipinski definition) is 3. The van der Waals surface area contributed by atoms with Gasteiger partial charge in [0, 0.05) is 30.0 Å². The number of amides is 4. The van der Waals surface area contributed by atoms with Crippen LogP contribution in [0.25, 0.3) is 10.8 Å². The number of carbonyl (C=O) groups is 4. The monoisotopic (exact) mass is 887 g/mol. The van der Waals surface area contributed by atoms with Crippen molar-refractivity contribution in [2.45, 2.75) is 120 Å². The highest BCUT2D eigenvalue weighted by atomic mass is 32.2. The molecule has 61 heavy (non-hydrogen) atoms. The van der Waals surface area contributed by atoms with Gasteiger partial charge >= 0.3 is 12.3 Å². The summed E-state index contributed by atoms with van der Waals surface area (Å²) in [5, 5.41) is 3.06. The Hall–Kier alpha value is -4.75. The van der Waals surface area contributed by atoms with E-state index in [4.69, 9.17) is 19.9 Å². The van der Waals surface area contributed by atoms with Crippen LogP contribution in [0.4, 0.5) is 26.7 Å². The number of primary amides is 1. The molecular weight excluding hydrogens is 834 g/mol. The Labute approximate surface area is 351 Å². The fraction of sp³-hybridized carbons (Fsp3) is 0.634. The third-order valence-corrected chi connectivity index (χ3v) is 14.2. The number of fused-ring (bicyclic) bond motifs is 1. The molecule has 1 aromatic heterocycles. The van der Waals surface area contributed by atoms with Crippen molar-refractivity contribution in [3.63, 3.8) is 0 Å². The first kappa shape index (κ1) is 47.3. The van der Waals surface area contributed by atoms with Crippen LogP contribution in [0.1, 0.15) is 85.5 Å². The molecule has 2 aromatic rings. The average Bonchev–Trinajstić information content (AvgIpc) is 3.66. The summed E-state index contributed by atoms with van der Waals surface area (Å²) in [6, 6.07) is 1.24. The predicted molar refractivity (Wildman–Crippen MR) is 213 cm³/mol. The number of rotatable bonds is 18. The number of allylic oxidation sites excluding steroid dienone is 2. The minimum atomic E-state index is -4.94. The van der Waals surface area contributed by atoms with Crippen molar-refractivity contribution in [3.05, 3.63) is 42.4 Å². The minimum Gasteiger partial charge on any atom is -0.496 e. The van der Waals surface area contributed by atoms with E-state index in [2.05, 4.69) is 15.0 Å². The summed E-state index contributed by atoms with van der Waals surface area (Å²) in [6.07, 6.45) is 1.21. The summed E-state index contributed by atoms with van der Waals surface area (Å²) in [5.41, 5.74) is 2.82. The van der Waals surface area contributed by atoms with Crippen molar-refractivity contribution in [3.8, 4) is 11.6 Å². The molecule has 1 saturated heterocycles. The largest absolute Gasteiger partial charge is 0.496 e. The van der Waals surface area contributed by atoms with E-state index in [1.54, 1.807) is 13.0 Å². The third-order valence-electron chi connectivity index (χ3n) is 12.0. The molecule has 3 aliphatic rings. The van der Waals surface area contributed by atoms with Gasteiger partial charge in [0.25, 0.3) is 0 Å². The summed E-state index contributed by atoms with van der Waals surface area (Å²) in [5.74, 6) is -4.46. The van der Waals surface area contributed by atoms with E-state index < -0.39 is 92.9 Å². The molecule has 7 atom stereocenters. The van der Waals surface area contributed by atoms with E-state index in [-0.39, 0.29) is 61.1 Å². The summed E-state index contributed by atoms with van der Waals surface area (Å²) in [6.45, 7) is 3.53. The van der Waals surface area contributed by atoms with Crippen LogP contribution in [0.15, 0.2) is 36.5 Å². The topological polar surface area (TPSA) is 196 Å². The molecule has 2 aliphatic carbocycles. The molecule has 5 rings (SSSR count). The van der Waals surface area contributed by atoms with E-state index >= 15 is 0 Å². The summed E-state index contributed by atoms with van der Waals surface area (Å²) in [7, 11) is -2.77. The number of alkyl halides is 4. The molecule has 1 aliphatic heterocycles. The van der Waals surface area contributed by atoms with Crippen LogP contribution >= 0.6 is 0 Å². The number of nitrogens with two attached hydrogens (primary N) is 1. The highest BCUT2D eigenvalue weighted by molar-refractivity contribution is 7.91. The first-order valence-corrected chi connectivity index (χ1v) is 21.7. The van der Waals surface area contributed by atoms with Crippen LogP contribution < -0.4 is 25.2 Å². The van der Waals surface area contributed by atoms with Crippen molar-refractivity contribution in [2.75, 3.05) is 20.3 Å². The first-order chi connectivity index (χ1) is 28.5. The normalized spacial score (nSPS) is 23.0. The van der Waals surface area contributed by atoms with E-state index in [0.717, 1.165) is 4.90 Å². The van der Waals surface area contributed by atoms with Crippen molar-refractivity contribution >= 4 is 44.6 Å². The van der Waals surface area contributed by atoms with Gasteiger partial charge in [-0.1, -0.05) is 32.4 Å². The first-order valence-electron chi connectivity index (χ1n) is 20.3. The summed E-state index contributed by atoms with van der Waals surface area (Å²) in [4.78, 5) is 58.4. The number of aromatic nitrogens is 1. The SMILES string of the molecule is COc1cc(F)cc2c(O[C@@H]3C[C@@H](C(N)=O)N(C(=O)[C@@H](NC(=O)OC(C)(C)C(F)(F)F)[C@H](C)C[C@H](C)CC/C=C\[C@@H]4CCCC4C(=O)NS(=O)(=O)C4(CF)CC4)C3)nccc12. The number of hydrogen-bond acceptors (Lipinski definition) is 10. The highest BCUT2D eigenvalue weighted by Crippen LogP contribution is 2.44. The highest BCUT2D eigenvalue weighted by Gasteiger charge is 2.56. The molecule has 0 bridgehead atoms. The zero-order valence-corrected chi connectivity index (χ0v) is 35.5. The smallest absolute Gasteiger partial charge is 0.427 e. The molecule has 2 heterocycles. The van der Waals surface area contributed by atoms with Crippen LogP contribution in [0.5, 0.6) is 11.6 Å². The number of pyridine rings is 1. The number of likely N-dealkylation sites (tertiary alicyclic amines) is 1. The fourth-order valence-corrected chi connectivity index (χ4v) is 9.51. The molecule has 14 nitrogen and oxygen atoms in total. The maximum absolute atomic E-state index is 14.5. The third kappa shape index (κ3) is 10.8. The lowest BCUT2D eigenvalue weighted by Gasteiger charge is -2.33. The van der Waals surface area contributed by atoms with Gasteiger partial charge in [0.15, 0.2) is 0 Å². The van der Waals surface area contributed by atoms with Gasteiger partial charge in [0.05, 0.1) is 19.0 Å². The Kier molecular flexibility index (Phi) is 14.5. The number of sulfonamides is 1. The van der Waals surface area contributed by atoms with Crippen LogP contribution in [0, 0.1) is 29.5 Å². The van der Waals surface area contributed by atoms with Gasteiger partial charge in [-0.25, -0.2) is 27.0 Å². The number of methoxy groups -OCH3 is 1. The summed E-state index contributed by atoms with van der Waals surface area (Å²) >= 11 is 0. The van der Waals surface area contributed by atoms with Crippen LogP contribution in [0.3, 0.4) is 0 Å². The lowest BCUT2D eigenvalue weighted by Crippen LogP contribution is -2.56. The number of halogens is 5. The van der Waals surface area contributed by atoms with Crippen molar-refractivity contribution in [2.24, 2.45) is 29.4 Å². The molecule has 20 heteroatoms. The predicted octanol–water partition coefficient (Wildman–Crippen LogP) is 6.01. The zero-order chi connectivity index (χ0) is 45.1. The zero-order valence-electron chi connectivity index (χ0n) is 34.7. The van der Waals surface area contributed by atoms with Gasteiger partial charge in [0.2, 0.25) is 39.2 Å². The average molecular weight is 888 g/mol. The van der Waals surface area contributed by atoms with Gasteiger partial charge in [-0.2, -0.15) is 13.2 Å². The lowest BCUT2D eigenvalue weighted by molar-refractivity contribution is -0.244. The molecule has 3 fully saturated rings. The van der Waals surface area contributed by atoms with E-state index in [9.17, 15) is 49.5 Å². The van der Waals surface area contributed by atoms with Crippen molar-refractivity contribution in [1.82, 2.24) is 19.9 Å². The molecule has 1 aromatic carbocycles. The fourth-order valence-electron chi connectivity index (χ4n) is 8.09. The molecule has 338 valence electrons. The van der Waals surface area contributed by atoms with Gasteiger partial charge in [-0.15, -0.1) is 0 Å². The second-order valence-corrected chi connectivity index (χ2v) is 19.1. The molecular formula is C41H54F5N5O9S. The Bertz CT molecular complexity index is 2100. The van der Waals surface area contributed by atoms with Crippen LogP contribution in [-0.2, 0) is 29.1 Å².